The van der Waals surface area contributed by atoms with E-state index in [0.717, 1.165) is 4.88 Å². The molecule has 0 spiro atoms. The number of hydrogen-bond donors (Lipinski definition) is 2. The number of benzene rings is 1. The summed E-state index contributed by atoms with van der Waals surface area (Å²) in [4.78, 5) is 28.9. The zero-order valence-corrected chi connectivity index (χ0v) is 14.0. The minimum atomic E-state index is -0.863. The maximum absolute atomic E-state index is 12.1. The second kappa shape index (κ2) is 7.71. The van der Waals surface area contributed by atoms with E-state index in [2.05, 4.69) is 15.5 Å². The minimum absolute atomic E-state index is 0.114. The Bertz CT molecular complexity index is 846. The van der Waals surface area contributed by atoms with Gasteiger partial charge in [-0.05, 0) is 17.0 Å². The van der Waals surface area contributed by atoms with Crippen LogP contribution in [-0.4, -0.2) is 22.0 Å². The number of thiophene rings is 1. The number of hydrogen-bond acceptors (Lipinski definition) is 6. The van der Waals surface area contributed by atoms with Crippen LogP contribution >= 0.6 is 11.3 Å². The van der Waals surface area contributed by atoms with Gasteiger partial charge in [0.15, 0.2) is 0 Å². The lowest BCUT2D eigenvalue weighted by molar-refractivity contribution is -0.127. The summed E-state index contributed by atoms with van der Waals surface area (Å²) >= 11 is 1.51. The van der Waals surface area contributed by atoms with Gasteiger partial charge in [0.05, 0.1) is 4.88 Å². The number of nitrogens with two attached hydrogens (primary N) is 1. The first-order chi connectivity index (χ1) is 12.1. The van der Waals surface area contributed by atoms with Crippen molar-refractivity contribution in [1.82, 2.24) is 15.5 Å². The Hall–Kier alpha value is -3.00. The molecule has 2 aromatic heterocycles. The number of aryl methyl sites for hydroxylation is 1. The van der Waals surface area contributed by atoms with Crippen molar-refractivity contribution in [2.45, 2.75) is 18.9 Å². The van der Waals surface area contributed by atoms with E-state index in [9.17, 15) is 9.59 Å². The van der Waals surface area contributed by atoms with E-state index >= 15 is 0 Å². The summed E-state index contributed by atoms with van der Waals surface area (Å²) < 4.78 is 5.15. The van der Waals surface area contributed by atoms with Gasteiger partial charge in [0.1, 0.15) is 6.04 Å². The molecule has 0 fully saturated rings. The van der Waals surface area contributed by atoms with Gasteiger partial charge in [0.2, 0.25) is 23.5 Å². The third-order valence-corrected chi connectivity index (χ3v) is 4.36. The standard InChI is InChI=1S/C17H16N4O3S/c18-16(23)15(11-5-2-1-3-6-11)19-13(22)8-9-14-20-17(21-24-14)12-7-4-10-25-12/h1-7,10,15H,8-9H2,(H2,18,23)(H,19,22). The van der Waals surface area contributed by atoms with Crippen LogP contribution in [0.5, 0.6) is 0 Å². The summed E-state index contributed by atoms with van der Waals surface area (Å²) in [5, 5.41) is 8.45. The number of nitrogens with zero attached hydrogens (tertiary/aromatic N) is 2. The van der Waals surface area contributed by atoms with Crippen LogP contribution in [0.15, 0.2) is 52.4 Å². The largest absolute Gasteiger partial charge is 0.368 e. The van der Waals surface area contributed by atoms with Crippen molar-refractivity contribution >= 4 is 23.2 Å². The fraction of sp³-hybridized carbons (Fsp3) is 0.176. The molecule has 0 aliphatic heterocycles. The van der Waals surface area contributed by atoms with E-state index in [-0.39, 0.29) is 18.7 Å². The molecule has 25 heavy (non-hydrogen) atoms. The highest BCUT2D eigenvalue weighted by Crippen LogP contribution is 2.21. The molecule has 3 rings (SSSR count). The average Bonchev–Trinajstić information content (AvgIpc) is 3.29. The Balaban J connectivity index is 1.58. The van der Waals surface area contributed by atoms with E-state index in [1.165, 1.54) is 11.3 Å². The molecule has 1 unspecified atom stereocenters. The van der Waals surface area contributed by atoms with Crippen LogP contribution in [0.1, 0.15) is 23.9 Å². The number of primary amides is 1. The predicted molar refractivity (Wildman–Crippen MR) is 92.5 cm³/mol. The number of aromatic nitrogens is 2. The SMILES string of the molecule is NC(=O)C(NC(=O)CCc1nc(-c2cccs2)no1)c1ccccc1. The molecule has 128 valence electrons. The first kappa shape index (κ1) is 16.8. The van der Waals surface area contributed by atoms with E-state index in [4.69, 9.17) is 10.3 Å². The molecule has 0 aliphatic carbocycles. The molecule has 0 bridgehead atoms. The molecule has 0 aliphatic rings. The first-order valence-corrected chi connectivity index (χ1v) is 8.51. The quantitative estimate of drug-likeness (QED) is 0.673. The highest BCUT2D eigenvalue weighted by Gasteiger charge is 2.20. The molecular formula is C17H16N4O3S. The van der Waals surface area contributed by atoms with Crippen LogP contribution in [-0.2, 0) is 16.0 Å². The number of nitrogens with one attached hydrogen (secondary N) is 1. The van der Waals surface area contributed by atoms with Crippen LogP contribution in [0.2, 0.25) is 0 Å². The molecule has 3 N–H and O–H groups in total. The summed E-state index contributed by atoms with van der Waals surface area (Å²) in [6, 6.07) is 11.8. The fourth-order valence-electron chi connectivity index (χ4n) is 2.28. The lowest BCUT2D eigenvalue weighted by atomic mass is 10.1. The van der Waals surface area contributed by atoms with Crippen LogP contribution in [0, 0.1) is 0 Å². The monoisotopic (exact) mass is 356 g/mol. The molecule has 1 atom stereocenters. The first-order valence-electron chi connectivity index (χ1n) is 7.63. The normalized spacial score (nSPS) is 11.8. The fourth-order valence-corrected chi connectivity index (χ4v) is 2.93. The molecule has 7 nitrogen and oxygen atoms in total. The molecule has 0 saturated heterocycles. The van der Waals surface area contributed by atoms with Crippen molar-refractivity contribution < 1.29 is 14.1 Å². The Labute approximate surface area is 147 Å². The number of rotatable bonds is 7. The van der Waals surface area contributed by atoms with Crippen molar-refractivity contribution in [2.75, 3.05) is 0 Å². The van der Waals surface area contributed by atoms with Gasteiger partial charge in [-0.1, -0.05) is 41.6 Å². The maximum atomic E-state index is 12.1. The van der Waals surface area contributed by atoms with Gasteiger partial charge in [-0.15, -0.1) is 11.3 Å². The predicted octanol–water partition coefficient (Wildman–Crippen LogP) is 2.07. The van der Waals surface area contributed by atoms with Crippen LogP contribution in [0.4, 0.5) is 0 Å². The molecule has 2 amide bonds. The summed E-state index contributed by atoms with van der Waals surface area (Å²) in [6.07, 6.45) is 0.396. The third-order valence-electron chi connectivity index (χ3n) is 3.50. The minimum Gasteiger partial charge on any atom is -0.368 e. The third kappa shape index (κ3) is 4.30. The molecular weight excluding hydrogens is 340 g/mol. The highest BCUT2D eigenvalue weighted by molar-refractivity contribution is 7.13. The smallest absolute Gasteiger partial charge is 0.244 e. The summed E-state index contributed by atoms with van der Waals surface area (Å²) in [7, 11) is 0. The Morgan fingerprint density at radius 1 is 1.20 bits per heavy atom. The number of carbonyl (C=O) groups is 2. The average molecular weight is 356 g/mol. The van der Waals surface area contributed by atoms with Crippen molar-refractivity contribution in [3.8, 4) is 10.7 Å². The molecule has 1 aromatic carbocycles. The molecule has 3 aromatic rings. The van der Waals surface area contributed by atoms with Gasteiger partial charge in [-0.3, -0.25) is 9.59 Å². The summed E-state index contributed by atoms with van der Waals surface area (Å²) in [5.41, 5.74) is 6.03. The van der Waals surface area contributed by atoms with Gasteiger partial charge in [-0.2, -0.15) is 4.98 Å². The molecule has 8 heteroatoms. The van der Waals surface area contributed by atoms with Crippen molar-refractivity contribution in [1.29, 1.82) is 0 Å². The van der Waals surface area contributed by atoms with Crippen molar-refractivity contribution in [2.24, 2.45) is 5.73 Å². The zero-order valence-electron chi connectivity index (χ0n) is 13.2. The van der Waals surface area contributed by atoms with Gasteiger partial charge in [0, 0.05) is 12.8 Å². The van der Waals surface area contributed by atoms with E-state index < -0.39 is 11.9 Å². The lowest BCUT2D eigenvalue weighted by Gasteiger charge is -2.15. The van der Waals surface area contributed by atoms with Gasteiger partial charge >= 0.3 is 0 Å². The van der Waals surface area contributed by atoms with Gasteiger partial charge < -0.3 is 15.6 Å². The van der Waals surface area contributed by atoms with Crippen LogP contribution in [0.25, 0.3) is 10.7 Å². The number of carbonyl (C=O) groups excluding carboxylic acids is 2. The van der Waals surface area contributed by atoms with E-state index in [1.54, 1.807) is 24.3 Å². The highest BCUT2D eigenvalue weighted by atomic mass is 32.1. The molecule has 0 radical (unpaired) electrons. The lowest BCUT2D eigenvalue weighted by Crippen LogP contribution is -2.37. The van der Waals surface area contributed by atoms with Gasteiger partial charge in [-0.25, -0.2) is 0 Å². The van der Waals surface area contributed by atoms with E-state index in [0.29, 0.717) is 17.3 Å². The second-order valence-electron chi connectivity index (χ2n) is 5.30. The molecule has 2 heterocycles. The maximum Gasteiger partial charge on any atom is 0.244 e. The zero-order chi connectivity index (χ0) is 17.6. The van der Waals surface area contributed by atoms with Crippen molar-refractivity contribution in [3.63, 3.8) is 0 Å². The number of amides is 2. The van der Waals surface area contributed by atoms with Crippen LogP contribution < -0.4 is 11.1 Å². The van der Waals surface area contributed by atoms with Crippen molar-refractivity contribution in [3.05, 3.63) is 59.3 Å². The summed E-state index contributed by atoms with van der Waals surface area (Å²) in [5.74, 6) is -0.0561. The second-order valence-corrected chi connectivity index (χ2v) is 6.25. The van der Waals surface area contributed by atoms with Crippen LogP contribution in [0.3, 0.4) is 0 Å². The topological polar surface area (TPSA) is 111 Å². The van der Waals surface area contributed by atoms with Gasteiger partial charge in [0.25, 0.3) is 0 Å². The molecule has 0 saturated carbocycles. The summed E-state index contributed by atoms with van der Waals surface area (Å²) in [6.45, 7) is 0. The Morgan fingerprint density at radius 3 is 2.68 bits per heavy atom. The van der Waals surface area contributed by atoms with E-state index in [1.807, 2.05) is 23.6 Å². The Kier molecular flexibility index (Phi) is 5.20. The Morgan fingerprint density at radius 2 is 2.00 bits per heavy atom.